The zero-order chi connectivity index (χ0) is 17.9. The molecule has 3 rings (SSSR count). The van der Waals surface area contributed by atoms with Crippen molar-refractivity contribution >= 4 is 5.91 Å². The first-order valence-corrected chi connectivity index (χ1v) is 9.03. The number of rotatable bonds is 6. The number of carbonyl (C=O) groups excluding carboxylic acids is 1. The third-order valence-electron chi connectivity index (χ3n) is 5.79. The first kappa shape index (κ1) is 18.3. The second-order valence-corrected chi connectivity index (χ2v) is 7.12. The summed E-state index contributed by atoms with van der Waals surface area (Å²) in [6.45, 7) is 3.07. The summed E-state index contributed by atoms with van der Waals surface area (Å²) in [6, 6.07) is 7.71. The maximum atomic E-state index is 11.6. The fraction of sp³-hybridized carbons (Fsp3) is 0.632. The third-order valence-corrected chi connectivity index (χ3v) is 5.79. The summed E-state index contributed by atoms with van der Waals surface area (Å²) in [7, 11) is 1.63. The zero-order valence-corrected chi connectivity index (χ0v) is 14.8. The molecule has 25 heavy (non-hydrogen) atoms. The Balaban J connectivity index is 1.53. The number of piperidine rings is 1. The fourth-order valence-electron chi connectivity index (χ4n) is 4.10. The van der Waals surface area contributed by atoms with Crippen LogP contribution in [0.3, 0.4) is 0 Å². The molecule has 6 nitrogen and oxygen atoms in total. The van der Waals surface area contributed by atoms with Crippen LogP contribution in [0.4, 0.5) is 0 Å². The summed E-state index contributed by atoms with van der Waals surface area (Å²) in [5.41, 5.74) is 1.73. The highest BCUT2D eigenvalue weighted by Crippen LogP contribution is 2.51. The van der Waals surface area contributed by atoms with Gasteiger partial charge >= 0.3 is 0 Å². The van der Waals surface area contributed by atoms with Crippen LogP contribution in [0, 0.1) is 5.41 Å². The predicted molar refractivity (Wildman–Crippen MR) is 94.2 cm³/mol. The van der Waals surface area contributed by atoms with Gasteiger partial charge in [-0.2, -0.15) is 0 Å². The Morgan fingerprint density at radius 2 is 2.00 bits per heavy atom. The molecule has 138 valence electrons. The maximum absolute atomic E-state index is 11.6. The van der Waals surface area contributed by atoms with E-state index < -0.39 is 0 Å². The van der Waals surface area contributed by atoms with Crippen LogP contribution in [-0.2, 0) is 11.3 Å². The van der Waals surface area contributed by atoms with Gasteiger partial charge in [0.25, 0.3) is 5.91 Å². The maximum Gasteiger partial charge on any atom is 0.251 e. The highest BCUT2D eigenvalue weighted by molar-refractivity contribution is 5.93. The Labute approximate surface area is 148 Å². The van der Waals surface area contributed by atoms with Crippen LogP contribution in [0.2, 0.25) is 0 Å². The van der Waals surface area contributed by atoms with Crippen LogP contribution >= 0.6 is 0 Å². The lowest BCUT2D eigenvalue weighted by atomic mass is 9.58. The van der Waals surface area contributed by atoms with Crippen LogP contribution in [-0.4, -0.2) is 66.6 Å². The molecular formula is C19H28N2O4. The summed E-state index contributed by atoms with van der Waals surface area (Å²) in [6.07, 6.45) is 2.30. The van der Waals surface area contributed by atoms with E-state index in [1.807, 2.05) is 24.3 Å². The van der Waals surface area contributed by atoms with Gasteiger partial charge in [0.2, 0.25) is 0 Å². The number of hydrogen-bond donors (Lipinski definition) is 3. The van der Waals surface area contributed by atoms with Gasteiger partial charge in [0, 0.05) is 31.0 Å². The molecule has 3 N–H and O–H groups in total. The molecule has 1 aromatic rings. The topological polar surface area (TPSA) is 82.0 Å². The number of aliphatic hydroxyl groups is 2. The van der Waals surface area contributed by atoms with E-state index in [9.17, 15) is 9.90 Å². The number of hydrogen-bond acceptors (Lipinski definition) is 5. The fourth-order valence-corrected chi connectivity index (χ4v) is 4.10. The number of ether oxygens (including phenoxy) is 1. The normalized spacial score (nSPS) is 25.6. The second-order valence-electron chi connectivity index (χ2n) is 7.12. The van der Waals surface area contributed by atoms with Crippen molar-refractivity contribution in [1.82, 2.24) is 10.2 Å². The molecule has 1 spiro atoms. The van der Waals surface area contributed by atoms with Crippen LogP contribution in [0.5, 0.6) is 0 Å². The minimum atomic E-state index is -0.287. The zero-order valence-electron chi connectivity index (χ0n) is 14.8. The Morgan fingerprint density at radius 3 is 2.56 bits per heavy atom. The van der Waals surface area contributed by atoms with Crippen LogP contribution in [0.15, 0.2) is 24.3 Å². The first-order chi connectivity index (χ1) is 12.1. The average Bonchev–Trinajstić information content (AvgIpc) is 2.65. The standard InChI is InChI=1S/C19H28N2O4/c1-20-18(24)15-4-2-14(3-5-15)13-21-8-6-19(7-9-21)16(23)12-17(19)25-11-10-22/h2-5,16-17,22-23H,6-13H2,1H3,(H,20,24)/t16-,17+/m0/s1. The van der Waals surface area contributed by atoms with Crippen molar-refractivity contribution in [2.45, 2.75) is 38.0 Å². The predicted octanol–water partition coefficient (Wildman–Crippen LogP) is 0.771. The molecule has 1 aliphatic heterocycles. The van der Waals surface area contributed by atoms with Gasteiger partial charge in [-0.25, -0.2) is 0 Å². The number of aliphatic hydroxyl groups excluding tert-OH is 2. The minimum absolute atomic E-state index is 0.0286. The lowest BCUT2D eigenvalue weighted by Crippen LogP contribution is -2.62. The Bertz CT molecular complexity index is 582. The van der Waals surface area contributed by atoms with E-state index in [0.29, 0.717) is 18.6 Å². The number of benzene rings is 1. The molecule has 2 atom stereocenters. The largest absolute Gasteiger partial charge is 0.394 e. The molecule has 1 saturated carbocycles. The third kappa shape index (κ3) is 3.72. The van der Waals surface area contributed by atoms with Crippen molar-refractivity contribution in [3.8, 4) is 0 Å². The number of carbonyl (C=O) groups is 1. The van der Waals surface area contributed by atoms with Gasteiger partial charge in [0.1, 0.15) is 0 Å². The quantitative estimate of drug-likeness (QED) is 0.707. The van der Waals surface area contributed by atoms with E-state index >= 15 is 0 Å². The molecular weight excluding hydrogens is 320 g/mol. The van der Waals surface area contributed by atoms with E-state index in [1.165, 1.54) is 5.56 Å². The number of likely N-dealkylation sites (tertiary alicyclic amines) is 1. The van der Waals surface area contributed by atoms with E-state index in [-0.39, 0.29) is 30.1 Å². The van der Waals surface area contributed by atoms with Gasteiger partial charge in [0.05, 0.1) is 25.4 Å². The van der Waals surface area contributed by atoms with E-state index in [2.05, 4.69) is 10.2 Å². The Kier molecular flexibility index (Phi) is 5.74. The molecule has 0 unspecified atom stereocenters. The second kappa shape index (κ2) is 7.83. The molecule has 2 aliphatic rings. The summed E-state index contributed by atoms with van der Waals surface area (Å²) < 4.78 is 5.72. The van der Waals surface area contributed by atoms with Gasteiger partial charge in [-0.3, -0.25) is 9.69 Å². The SMILES string of the molecule is CNC(=O)c1ccc(CN2CCC3(CC2)[C@@H](O)C[C@H]3OCCO)cc1. The molecule has 1 saturated heterocycles. The summed E-state index contributed by atoms with van der Waals surface area (Å²) in [5.74, 6) is -0.0700. The number of amides is 1. The lowest BCUT2D eigenvalue weighted by molar-refractivity contribution is -0.213. The molecule has 1 amide bonds. The van der Waals surface area contributed by atoms with Gasteiger partial charge < -0.3 is 20.3 Å². The first-order valence-electron chi connectivity index (χ1n) is 9.03. The number of nitrogens with zero attached hydrogens (tertiary/aromatic N) is 1. The molecule has 2 fully saturated rings. The van der Waals surface area contributed by atoms with Gasteiger partial charge in [0.15, 0.2) is 0 Å². The molecule has 1 heterocycles. The smallest absolute Gasteiger partial charge is 0.251 e. The van der Waals surface area contributed by atoms with E-state index in [0.717, 1.165) is 32.5 Å². The lowest BCUT2D eigenvalue weighted by Gasteiger charge is -2.56. The summed E-state index contributed by atoms with van der Waals surface area (Å²) >= 11 is 0. The van der Waals surface area contributed by atoms with Crippen LogP contribution in [0.1, 0.15) is 35.2 Å². The average molecular weight is 348 g/mol. The van der Waals surface area contributed by atoms with Crippen LogP contribution in [0.25, 0.3) is 0 Å². The van der Waals surface area contributed by atoms with Crippen molar-refractivity contribution in [2.24, 2.45) is 5.41 Å². The van der Waals surface area contributed by atoms with Crippen molar-refractivity contribution in [1.29, 1.82) is 0 Å². The Morgan fingerprint density at radius 1 is 1.32 bits per heavy atom. The van der Waals surface area contributed by atoms with Gasteiger partial charge in [-0.15, -0.1) is 0 Å². The van der Waals surface area contributed by atoms with Crippen molar-refractivity contribution in [3.63, 3.8) is 0 Å². The van der Waals surface area contributed by atoms with Gasteiger partial charge in [-0.1, -0.05) is 12.1 Å². The van der Waals surface area contributed by atoms with Gasteiger partial charge in [-0.05, 0) is 43.6 Å². The molecule has 0 aromatic heterocycles. The molecule has 0 bridgehead atoms. The van der Waals surface area contributed by atoms with Crippen molar-refractivity contribution < 1.29 is 19.7 Å². The molecule has 0 radical (unpaired) electrons. The summed E-state index contributed by atoms with van der Waals surface area (Å²) in [4.78, 5) is 14.0. The number of nitrogens with one attached hydrogen (secondary N) is 1. The summed E-state index contributed by atoms with van der Waals surface area (Å²) in [5, 5.41) is 21.8. The highest BCUT2D eigenvalue weighted by atomic mass is 16.5. The van der Waals surface area contributed by atoms with E-state index in [1.54, 1.807) is 7.05 Å². The molecule has 1 aliphatic carbocycles. The monoisotopic (exact) mass is 348 g/mol. The van der Waals surface area contributed by atoms with Crippen molar-refractivity contribution in [2.75, 3.05) is 33.4 Å². The minimum Gasteiger partial charge on any atom is -0.394 e. The Hall–Kier alpha value is -1.47. The molecule has 1 aromatic carbocycles. The van der Waals surface area contributed by atoms with Crippen LogP contribution < -0.4 is 5.32 Å². The van der Waals surface area contributed by atoms with E-state index in [4.69, 9.17) is 9.84 Å². The van der Waals surface area contributed by atoms with Crippen molar-refractivity contribution in [3.05, 3.63) is 35.4 Å². The highest BCUT2D eigenvalue weighted by Gasteiger charge is 2.55. The molecule has 6 heteroatoms.